The van der Waals surface area contributed by atoms with Crippen LogP contribution in [0.2, 0.25) is 0 Å². The summed E-state index contributed by atoms with van der Waals surface area (Å²) in [6.45, 7) is 5.68. The third-order valence-corrected chi connectivity index (χ3v) is 6.30. The Morgan fingerprint density at radius 3 is 2.42 bits per heavy atom. The van der Waals surface area contributed by atoms with Crippen molar-refractivity contribution >= 4 is 34.8 Å². The molecule has 172 valence electrons. The molecule has 1 saturated carbocycles. The van der Waals surface area contributed by atoms with E-state index in [0.29, 0.717) is 6.54 Å². The van der Waals surface area contributed by atoms with Crippen molar-refractivity contribution in [2.45, 2.75) is 25.4 Å². The number of nitrogens with one attached hydrogen (secondary N) is 1. The molecule has 0 radical (unpaired) electrons. The van der Waals surface area contributed by atoms with Crippen LogP contribution < -0.4 is 10.2 Å². The molecular weight excluding hydrogens is 439 g/mol. The molecule has 1 saturated heterocycles. The molecule has 0 unspecified atom stereocenters. The first kappa shape index (κ1) is 23.5. The highest BCUT2D eigenvalue weighted by Crippen LogP contribution is 2.40. The number of carboxylic acids is 1. The maximum atomic E-state index is 12.4. The summed E-state index contributed by atoms with van der Waals surface area (Å²) in [4.78, 5) is 39.6. The summed E-state index contributed by atoms with van der Waals surface area (Å²) < 4.78 is 37.1. The van der Waals surface area contributed by atoms with Crippen molar-refractivity contribution in [3.05, 3.63) is 15.8 Å². The molecule has 8 nitrogen and oxygen atoms in total. The second-order valence-corrected chi connectivity index (χ2v) is 8.58. The van der Waals surface area contributed by atoms with Crippen molar-refractivity contribution in [3.63, 3.8) is 0 Å². The molecular formula is C19H24F3N3O5S. The van der Waals surface area contributed by atoms with Gasteiger partial charge in [-0.3, -0.25) is 14.5 Å². The highest BCUT2D eigenvalue weighted by molar-refractivity contribution is 7.14. The quantitative estimate of drug-likeness (QED) is 0.690. The van der Waals surface area contributed by atoms with Crippen molar-refractivity contribution in [3.8, 4) is 0 Å². The van der Waals surface area contributed by atoms with Gasteiger partial charge < -0.3 is 20.1 Å². The maximum Gasteiger partial charge on any atom is 0.490 e. The minimum atomic E-state index is -5.08. The number of anilines is 1. The number of hydrogen-bond donors (Lipinski definition) is 2. The molecule has 0 atom stereocenters. The first-order chi connectivity index (χ1) is 14.7. The summed E-state index contributed by atoms with van der Waals surface area (Å²) in [6.07, 6.45) is -2.17. The number of alkyl halides is 3. The average molecular weight is 463 g/mol. The molecule has 2 N–H and O–H groups in total. The molecule has 2 fully saturated rings. The second-order valence-electron chi connectivity index (χ2n) is 7.45. The Bertz CT molecular complexity index is 819. The Labute approximate surface area is 180 Å². The van der Waals surface area contributed by atoms with Crippen LogP contribution in [0.15, 0.2) is 6.07 Å². The predicted octanol–water partition coefficient (Wildman–Crippen LogP) is 1.74. The summed E-state index contributed by atoms with van der Waals surface area (Å²) in [6, 6.07) is 1.90. The lowest BCUT2D eigenvalue weighted by Gasteiger charge is -2.26. The monoisotopic (exact) mass is 463 g/mol. The van der Waals surface area contributed by atoms with Gasteiger partial charge in [-0.15, -0.1) is 11.3 Å². The number of carbonyl (C=O) groups is 3. The Balaban J connectivity index is 0.000000339. The van der Waals surface area contributed by atoms with Crippen LogP contribution in [0.3, 0.4) is 0 Å². The molecule has 3 heterocycles. The molecule has 1 aromatic rings. The van der Waals surface area contributed by atoms with Crippen molar-refractivity contribution < 1.29 is 37.4 Å². The molecule has 2 aliphatic heterocycles. The van der Waals surface area contributed by atoms with Crippen LogP contribution in [0.1, 0.15) is 27.4 Å². The molecule has 31 heavy (non-hydrogen) atoms. The van der Waals surface area contributed by atoms with Gasteiger partial charge >= 0.3 is 12.1 Å². The van der Waals surface area contributed by atoms with Crippen LogP contribution in [0, 0.1) is 5.92 Å². The van der Waals surface area contributed by atoms with Crippen molar-refractivity contribution in [2.24, 2.45) is 5.92 Å². The van der Waals surface area contributed by atoms with E-state index in [1.165, 1.54) is 16.2 Å². The summed E-state index contributed by atoms with van der Waals surface area (Å²) in [5.74, 6) is -2.32. The maximum absolute atomic E-state index is 12.4. The van der Waals surface area contributed by atoms with Gasteiger partial charge in [0, 0.05) is 49.9 Å². The number of carbonyl (C=O) groups excluding carboxylic acids is 2. The topological polar surface area (TPSA) is 99.2 Å². The number of carboxylic acid groups (broad SMARTS) is 1. The fourth-order valence-corrected chi connectivity index (χ4v) is 4.36. The highest BCUT2D eigenvalue weighted by atomic mass is 32.1. The van der Waals surface area contributed by atoms with Crippen LogP contribution in [-0.4, -0.2) is 79.9 Å². The average Bonchev–Trinajstić information content (AvgIpc) is 3.37. The number of nitrogens with zero attached hydrogens (tertiary/aromatic N) is 2. The Hall–Kier alpha value is -2.18. The summed E-state index contributed by atoms with van der Waals surface area (Å²) in [5.41, 5.74) is 0.968. The van der Waals surface area contributed by atoms with E-state index in [1.807, 2.05) is 11.0 Å². The SMILES string of the molecule is O=C(NCCN1CCOCC1)c1cc2c(s1)CCN2C(=O)C1CC1.O=C(O)C(F)(F)F. The fraction of sp³-hybridized carbons (Fsp3) is 0.632. The number of halogens is 3. The Morgan fingerprint density at radius 2 is 1.84 bits per heavy atom. The first-order valence-corrected chi connectivity index (χ1v) is 10.8. The van der Waals surface area contributed by atoms with E-state index in [9.17, 15) is 22.8 Å². The Kier molecular flexibility index (Phi) is 7.55. The lowest BCUT2D eigenvalue weighted by molar-refractivity contribution is -0.192. The largest absolute Gasteiger partial charge is 0.490 e. The molecule has 0 spiro atoms. The van der Waals surface area contributed by atoms with Crippen LogP contribution in [0.5, 0.6) is 0 Å². The van der Waals surface area contributed by atoms with Gasteiger partial charge in [-0.2, -0.15) is 13.2 Å². The smallest absolute Gasteiger partial charge is 0.475 e. The summed E-state index contributed by atoms with van der Waals surface area (Å²) in [5, 5.41) is 10.1. The predicted molar refractivity (Wildman–Crippen MR) is 106 cm³/mol. The number of morpholine rings is 1. The fourth-order valence-electron chi connectivity index (χ4n) is 3.29. The lowest BCUT2D eigenvalue weighted by Crippen LogP contribution is -2.41. The van der Waals surface area contributed by atoms with Gasteiger partial charge in [0.1, 0.15) is 0 Å². The zero-order chi connectivity index (χ0) is 22.6. The van der Waals surface area contributed by atoms with E-state index < -0.39 is 12.1 Å². The van der Waals surface area contributed by atoms with E-state index in [2.05, 4.69) is 10.2 Å². The normalized spacial score (nSPS) is 18.7. The molecule has 0 bridgehead atoms. The van der Waals surface area contributed by atoms with Crippen molar-refractivity contribution in [2.75, 3.05) is 50.8 Å². The van der Waals surface area contributed by atoms with E-state index in [1.54, 1.807) is 0 Å². The summed E-state index contributed by atoms with van der Waals surface area (Å²) >= 11 is 1.53. The molecule has 1 aliphatic carbocycles. The molecule has 3 aliphatic rings. The number of aliphatic carboxylic acids is 1. The third kappa shape index (κ3) is 6.40. The second kappa shape index (κ2) is 9.96. The lowest BCUT2D eigenvalue weighted by atomic mass is 10.3. The minimum Gasteiger partial charge on any atom is -0.475 e. The third-order valence-electron chi connectivity index (χ3n) is 5.12. The molecule has 2 amide bonds. The number of thiophene rings is 1. The zero-order valence-electron chi connectivity index (χ0n) is 16.7. The molecule has 0 aromatic carbocycles. The van der Waals surface area contributed by atoms with Gasteiger partial charge in [0.2, 0.25) is 5.91 Å². The number of hydrogen-bond acceptors (Lipinski definition) is 6. The first-order valence-electron chi connectivity index (χ1n) is 9.99. The van der Waals surface area contributed by atoms with Crippen molar-refractivity contribution in [1.29, 1.82) is 0 Å². The van der Waals surface area contributed by atoms with E-state index >= 15 is 0 Å². The van der Waals surface area contributed by atoms with Crippen LogP contribution in [0.25, 0.3) is 0 Å². The van der Waals surface area contributed by atoms with E-state index in [-0.39, 0.29) is 17.7 Å². The standard InChI is InChI=1S/C17H23N3O3S.C2HF3O2/c21-16(18-4-6-19-7-9-23-10-8-19)15-11-13-14(24-15)3-5-20(13)17(22)12-1-2-12;3-2(4,5)1(6)7/h11-12H,1-10H2,(H,18,21);(H,6,7). The zero-order valence-corrected chi connectivity index (χ0v) is 17.6. The number of ether oxygens (including phenoxy) is 1. The number of rotatable bonds is 5. The molecule has 12 heteroatoms. The van der Waals surface area contributed by atoms with Gasteiger partial charge in [-0.1, -0.05) is 0 Å². The summed E-state index contributed by atoms with van der Waals surface area (Å²) in [7, 11) is 0. The number of amides is 2. The number of fused-ring (bicyclic) bond motifs is 1. The van der Waals surface area contributed by atoms with Gasteiger partial charge in [0.15, 0.2) is 0 Å². The van der Waals surface area contributed by atoms with Gasteiger partial charge in [0.25, 0.3) is 5.91 Å². The van der Waals surface area contributed by atoms with E-state index in [4.69, 9.17) is 14.6 Å². The van der Waals surface area contributed by atoms with Gasteiger partial charge in [-0.25, -0.2) is 4.79 Å². The minimum absolute atomic E-state index is 0.0264. The van der Waals surface area contributed by atoms with Crippen LogP contribution in [-0.2, 0) is 20.7 Å². The van der Waals surface area contributed by atoms with Gasteiger partial charge in [0.05, 0.1) is 23.8 Å². The van der Waals surface area contributed by atoms with E-state index in [0.717, 1.165) is 69.2 Å². The van der Waals surface area contributed by atoms with Gasteiger partial charge in [-0.05, 0) is 18.9 Å². The van der Waals surface area contributed by atoms with Crippen molar-refractivity contribution in [1.82, 2.24) is 10.2 Å². The van der Waals surface area contributed by atoms with Crippen LogP contribution in [0.4, 0.5) is 18.9 Å². The molecule has 4 rings (SSSR count). The molecule has 1 aromatic heterocycles. The van der Waals surface area contributed by atoms with Crippen LogP contribution >= 0.6 is 11.3 Å². The highest BCUT2D eigenvalue weighted by Gasteiger charge is 2.38. The Morgan fingerprint density at radius 1 is 1.19 bits per heavy atom.